The van der Waals surface area contributed by atoms with Crippen molar-refractivity contribution in [1.82, 2.24) is 0 Å². The van der Waals surface area contributed by atoms with Crippen molar-refractivity contribution < 1.29 is 0 Å². The monoisotopic (exact) mass is 206 g/mol. The number of hydrogen-bond donors (Lipinski definition) is 0. The van der Waals surface area contributed by atoms with Crippen molar-refractivity contribution in [3.05, 3.63) is 0 Å². The molecule has 0 nitrogen and oxygen atoms in total. The summed E-state index contributed by atoms with van der Waals surface area (Å²) >= 11 is 0. The molecule has 0 heteroatoms. The van der Waals surface area contributed by atoms with E-state index in [0.717, 1.165) is 29.1 Å². The van der Waals surface area contributed by atoms with Gasteiger partial charge in [-0.2, -0.15) is 0 Å². The molecule has 3 saturated carbocycles. The van der Waals surface area contributed by atoms with Crippen LogP contribution in [0.3, 0.4) is 0 Å². The normalized spacial score (nSPS) is 56.8. The Hall–Kier alpha value is 0. The zero-order chi connectivity index (χ0) is 10.8. The molecule has 0 amide bonds. The predicted octanol–water partition coefficient (Wildman–Crippen LogP) is 4.49. The summed E-state index contributed by atoms with van der Waals surface area (Å²) in [5.74, 6) is 4.21. The molecule has 5 atom stereocenters. The first kappa shape index (κ1) is 10.2. The summed E-state index contributed by atoms with van der Waals surface area (Å²) in [6.07, 6.45) is 7.59. The van der Waals surface area contributed by atoms with Gasteiger partial charge in [0.15, 0.2) is 0 Å². The van der Waals surface area contributed by atoms with E-state index < -0.39 is 0 Å². The van der Waals surface area contributed by atoms with Crippen molar-refractivity contribution in [3.63, 3.8) is 0 Å². The fourth-order valence-electron chi connectivity index (χ4n) is 5.50. The Balaban J connectivity index is 1.90. The molecule has 0 aromatic carbocycles. The van der Waals surface area contributed by atoms with Gasteiger partial charge in [0.2, 0.25) is 0 Å². The first-order valence-electron chi connectivity index (χ1n) is 6.95. The maximum absolute atomic E-state index is 2.62. The highest BCUT2D eigenvalue weighted by molar-refractivity contribution is 5.12. The molecule has 15 heavy (non-hydrogen) atoms. The lowest BCUT2D eigenvalue weighted by Gasteiger charge is -2.54. The van der Waals surface area contributed by atoms with E-state index in [2.05, 4.69) is 27.7 Å². The second-order valence-corrected chi connectivity index (χ2v) is 7.62. The molecule has 3 rings (SSSR count). The molecular formula is C15H26. The van der Waals surface area contributed by atoms with Gasteiger partial charge in [-0.05, 0) is 53.8 Å². The maximum Gasteiger partial charge on any atom is -0.0264 e. The van der Waals surface area contributed by atoms with Gasteiger partial charge in [-0.1, -0.05) is 40.5 Å². The van der Waals surface area contributed by atoms with Crippen LogP contribution in [0.2, 0.25) is 0 Å². The molecule has 3 aliphatic carbocycles. The molecule has 0 aromatic heterocycles. The second-order valence-electron chi connectivity index (χ2n) is 7.62. The first-order valence-corrected chi connectivity index (χ1v) is 6.95. The minimum Gasteiger partial charge on any atom is -0.0622 e. The fraction of sp³-hybridized carbons (Fsp3) is 1.00. The Labute approximate surface area is 94.8 Å². The Bertz CT molecular complexity index is 278. The van der Waals surface area contributed by atoms with Crippen molar-refractivity contribution >= 4 is 0 Å². The molecule has 0 aliphatic heterocycles. The maximum atomic E-state index is 2.62. The number of rotatable bonds is 0. The lowest BCUT2D eigenvalue weighted by Crippen LogP contribution is -2.47. The highest BCUT2D eigenvalue weighted by Crippen LogP contribution is 2.71. The largest absolute Gasteiger partial charge is 0.0622 e. The van der Waals surface area contributed by atoms with Crippen LogP contribution in [0.4, 0.5) is 0 Å². The summed E-state index contributed by atoms with van der Waals surface area (Å²) in [7, 11) is 0. The van der Waals surface area contributed by atoms with Crippen molar-refractivity contribution in [2.24, 2.45) is 34.5 Å². The quantitative estimate of drug-likeness (QED) is 0.547. The van der Waals surface area contributed by atoms with E-state index in [1.165, 1.54) is 25.7 Å². The van der Waals surface area contributed by atoms with E-state index in [1.807, 2.05) is 0 Å². The lowest BCUT2D eigenvalue weighted by atomic mass is 9.50. The van der Waals surface area contributed by atoms with Gasteiger partial charge >= 0.3 is 0 Å². The SMILES string of the molecule is CC1CCCC2(C)C1CC1C2CC1(C)C. The van der Waals surface area contributed by atoms with Crippen LogP contribution in [-0.2, 0) is 0 Å². The van der Waals surface area contributed by atoms with Gasteiger partial charge < -0.3 is 0 Å². The summed E-state index contributed by atoms with van der Waals surface area (Å²) in [6.45, 7) is 10.1. The Kier molecular flexibility index (Phi) is 1.91. The average molecular weight is 206 g/mol. The molecular weight excluding hydrogens is 180 g/mol. The first-order chi connectivity index (χ1) is 6.95. The van der Waals surface area contributed by atoms with Gasteiger partial charge in [0.25, 0.3) is 0 Å². The molecule has 0 radical (unpaired) electrons. The molecule has 3 fully saturated rings. The molecule has 86 valence electrons. The third-order valence-corrected chi connectivity index (χ3v) is 6.50. The minimum atomic E-state index is 0.671. The summed E-state index contributed by atoms with van der Waals surface area (Å²) in [5, 5.41) is 0. The van der Waals surface area contributed by atoms with E-state index in [4.69, 9.17) is 0 Å². The minimum absolute atomic E-state index is 0.671. The van der Waals surface area contributed by atoms with Crippen LogP contribution in [0.1, 0.15) is 59.8 Å². The van der Waals surface area contributed by atoms with E-state index in [0.29, 0.717) is 5.41 Å². The number of fused-ring (bicyclic) bond motifs is 3. The summed E-state index contributed by atoms with van der Waals surface area (Å²) in [5.41, 5.74) is 1.41. The van der Waals surface area contributed by atoms with E-state index in [9.17, 15) is 0 Å². The van der Waals surface area contributed by atoms with Crippen LogP contribution in [0.5, 0.6) is 0 Å². The van der Waals surface area contributed by atoms with Gasteiger partial charge in [-0.15, -0.1) is 0 Å². The molecule has 0 saturated heterocycles. The van der Waals surface area contributed by atoms with Gasteiger partial charge in [-0.3, -0.25) is 0 Å². The summed E-state index contributed by atoms with van der Waals surface area (Å²) in [6, 6.07) is 0. The Morgan fingerprint density at radius 1 is 1.00 bits per heavy atom. The zero-order valence-electron chi connectivity index (χ0n) is 10.8. The van der Waals surface area contributed by atoms with Gasteiger partial charge in [0.1, 0.15) is 0 Å². The van der Waals surface area contributed by atoms with Crippen molar-refractivity contribution in [3.8, 4) is 0 Å². The van der Waals surface area contributed by atoms with Crippen LogP contribution < -0.4 is 0 Å². The standard InChI is InChI=1S/C15H26/c1-10-6-5-7-15(4)11(10)8-12-13(15)9-14(12,2)3/h10-13H,5-9H2,1-4H3. The third kappa shape index (κ3) is 1.14. The third-order valence-electron chi connectivity index (χ3n) is 6.50. The van der Waals surface area contributed by atoms with Crippen molar-refractivity contribution in [1.29, 1.82) is 0 Å². The predicted molar refractivity (Wildman–Crippen MR) is 64.6 cm³/mol. The van der Waals surface area contributed by atoms with E-state index in [1.54, 1.807) is 6.42 Å². The molecule has 0 bridgehead atoms. The van der Waals surface area contributed by atoms with Gasteiger partial charge in [0.05, 0.1) is 0 Å². The summed E-state index contributed by atoms with van der Waals surface area (Å²) < 4.78 is 0. The van der Waals surface area contributed by atoms with Gasteiger partial charge in [-0.25, -0.2) is 0 Å². The van der Waals surface area contributed by atoms with Crippen molar-refractivity contribution in [2.75, 3.05) is 0 Å². The molecule has 5 unspecified atom stereocenters. The molecule has 3 aliphatic rings. The molecule has 0 heterocycles. The van der Waals surface area contributed by atoms with Crippen LogP contribution in [0.15, 0.2) is 0 Å². The number of hydrogen-bond acceptors (Lipinski definition) is 0. The van der Waals surface area contributed by atoms with E-state index >= 15 is 0 Å². The zero-order valence-corrected chi connectivity index (χ0v) is 10.8. The molecule has 0 N–H and O–H groups in total. The van der Waals surface area contributed by atoms with Crippen molar-refractivity contribution in [2.45, 2.75) is 59.8 Å². The molecule has 0 spiro atoms. The second kappa shape index (κ2) is 2.81. The fourth-order valence-corrected chi connectivity index (χ4v) is 5.50. The highest BCUT2D eigenvalue weighted by Gasteiger charge is 2.63. The average Bonchev–Trinajstić information content (AvgIpc) is 2.38. The lowest BCUT2D eigenvalue weighted by molar-refractivity contribution is -0.0548. The summed E-state index contributed by atoms with van der Waals surface area (Å²) in [4.78, 5) is 0. The van der Waals surface area contributed by atoms with Gasteiger partial charge in [0, 0.05) is 0 Å². The topological polar surface area (TPSA) is 0 Å². The van der Waals surface area contributed by atoms with Crippen LogP contribution in [0, 0.1) is 34.5 Å². The Morgan fingerprint density at radius 3 is 2.40 bits per heavy atom. The van der Waals surface area contributed by atoms with Crippen LogP contribution in [-0.4, -0.2) is 0 Å². The smallest absolute Gasteiger partial charge is 0.0264 e. The Morgan fingerprint density at radius 2 is 1.73 bits per heavy atom. The van der Waals surface area contributed by atoms with Crippen LogP contribution in [0.25, 0.3) is 0 Å². The highest BCUT2D eigenvalue weighted by atomic mass is 14.7. The van der Waals surface area contributed by atoms with E-state index in [-0.39, 0.29) is 0 Å². The van der Waals surface area contributed by atoms with Crippen LogP contribution >= 0.6 is 0 Å². The molecule has 0 aromatic rings.